The average Bonchev–Trinajstić information content (AvgIpc) is 2.86. The van der Waals surface area contributed by atoms with Gasteiger partial charge in [0.2, 0.25) is 5.91 Å². The maximum absolute atomic E-state index is 13.8. The summed E-state index contributed by atoms with van der Waals surface area (Å²) in [5, 5.41) is 7.51. The second-order valence-electron chi connectivity index (χ2n) is 8.25. The molecule has 0 saturated carbocycles. The fourth-order valence-electron chi connectivity index (χ4n) is 3.13. The van der Waals surface area contributed by atoms with Crippen molar-refractivity contribution in [1.29, 1.82) is 0 Å². The Hall–Kier alpha value is -2.76. The largest absolute Gasteiger partial charge is 0.309 e. The van der Waals surface area contributed by atoms with Crippen LogP contribution in [-0.4, -0.2) is 20.5 Å². The monoisotopic (exact) mass is 368 g/mol. The van der Waals surface area contributed by atoms with Gasteiger partial charge in [0.25, 0.3) is 0 Å². The highest BCUT2D eigenvalue weighted by Gasteiger charge is 2.22. The predicted octanol–water partition coefficient (Wildman–Crippen LogP) is 4.84. The smallest absolute Gasteiger partial charge is 0.226 e. The molecule has 0 radical (unpaired) electrons. The van der Waals surface area contributed by atoms with E-state index in [-0.39, 0.29) is 17.1 Å². The number of carbonyl (C=O) groups is 1. The Morgan fingerprint density at radius 3 is 2.52 bits per heavy atom. The topological polar surface area (TPSA) is 59.3 Å². The van der Waals surface area contributed by atoms with Crippen molar-refractivity contribution in [1.82, 2.24) is 14.6 Å². The molecule has 2 heterocycles. The molecule has 3 rings (SSSR count). The van der Waals surface area contributed by atoms with Gasteiger partial charge in [-0.3, -0.25) is 4.79 Å². The summed E-state index contributed by atoms with van der Waals surface area (Å²) < 4.78 is 15.5. The molecule has 0 spiro atoms. The second-order valence-corrected chi connectivity index (χ2v) is 8.25. The highest BCUT2D eigenvalue weighted by molar-refractivity contribution is 5.98. The number of rotatable bonds is 3. The fraction of sp³-hybridized carbons (Fsp3) is 0.381. The van der Waals surface area contributed by atoms with Gasteiger partial charge in [-0.25, -0.2) is 13.9 Å². The number of hydrogen-bond donors (Lipinski definition) is 1. The summed E-state index contributed by atoms with van der Waals surface area (Å²) in [5.41, 5.74) is 4.27. The van der Waals surface area contributed by atoms with Crippen molar-refractivity contribution in [2.45, 2.75) is 48.0 Å². The van der Waals surface area contributed by atoms with Crippen LogP contribution in [0.3, 0.4) is 0 Å². The van der Waals surface area contributed by atoms with E-state index in [1.54, 1.807) is 23.6 Å². The summed E-state index contributed by atoms with van der Waals surface area (Å²) >= 11 is 0. The Labute approximate surface area is 158 Å². The van der Waals surface area contributed by atoms with E-state index in [2.05, 4.69) is 15.4 Å². The van der Waals surface area contributed by atoms with Gasteiger partial charge in [0.15, 0.2) is 11.5 Å². The molecule has 1 amide bonds. The van der Waals surface area contributed by atoms with Crippen LogP contribution in [0.15, 0.2) is 24.3 Å². The molecule has 5 nitrogen and oxygen atoms in total. The lowest BCUT2D eigenvalue weighted by molar-refractivity contribution is -0.117. The molecule has 2 aromatic heterocycles. The molecule has 0 fully saturated rings. The van der Waals surface area contributed by atoms with Crippen LogP contribution in [0.1, 0.15) is 44.1 Å². The van der Waals surface area contributed by atoms with Crippen molar-refractivity contribution in [3.8, 4) is 11.1 Å². The van der Waals surface area contributed by atoms with Gasteiger partial charge in [0, 0.05) is 17.8 Å². The van der Waals surface area contributed by atoms with E-state index in [9.17, 15) is 9.18 Å². The maximum atomic E-state index is 13.8. The molecule has 0 atom stereocenters. The van der Waals surface area contributed by atoms with Crippen LogP contribution >= 0.6 is 0 Å². The van der Waals surface area contributed by atoms with Crippen molar-refractivity contribution < 1.29 is 9.18 Å². The molecule has 0 saturated heterocycles. The molecular formula is C21H25FN4O. The van der Waals surface area contributed by atoms with E-state index in [0.717, 1.165) is 17.0 Å². The molecule has 0 bridgehead atoms. The van der Waals surface area contributed by atoms with Gasteiger partial charge < -0.3 is 5.32 Å². The standard InChI is InChI=1S/C21H25FN4O/c1-12-9-15(7-8-16(12)22)18-19(24-17(27)11-21(4,5)6)25-26-14(3)10-13(2)23-20(18)26/h7-10H,11H2,1-6H3,(H,24,25,27). The first-order valence-corrected chi connectivity index (χ1v) is 8.98. The number of anilines is 1. The first kappa shape index (κ1) is 19.0. The molecule has 6 heteroatoms. The molecule has 1 N–H and O–H groups in total. The number of nitrogens with one attached hydrogen (secondary N) is 1. The summed E-state index contributed by atoms with van der Waals surface area (Å²) in [5.74, 6) is 0.0608. The van der Waals surface area contributed by atoms with Crippen molar-refractivity contribution in [3.63, 3.8) is 0 Å². The van der Waals surface area contributed by atoms with Crippen LogP contribution in [-0.2, 0) is 4.79 Å². The fourth-order valence-corrected chi connectivity index (χ4v) is 3.13. The third-order valence-electron chi connectivity index (χ3n) is 4.29. The zero-order valence-corrected chi connectivity index (χ0v) is 16.6. The van der Waals surface area contributed by atoms with E-state index in [1.165, 1.54) is 6.07 Å². The Kier molecular flexibility index (Phi) is 4.76. The van der Waals surface area contributed by atoms with Gasteiger partial charge in [-0.1, -0.05) is 26.8 Å². The number of carbonyl (C=O) groups excluding carboxylic acids is 1. The molecule has 142 valence electrons. The van der Waals surface area contributed by atoms with Gasteiger partial charge >= 0.3 is 0 Å². The lowest BCUT2D eigenvalue weighted by Gasteiger charge is -2.17. The molecule has 0 aliphatic rings. The minimum Gasteiger partial charge on any atom is -0.309 e. The summed E-state index contributed by atoms with van der Waals surface area (Å²) in [6.07, 6.45) is 0.369. The van der Waals surface area contributed by atoms with Gasteiger partial charge in [-0.2, -0.15) is 0 Å². The first-order valence-electron chi connectivity index (χ1n) is 8.98. The molecule has 27 heavy (non-hydrogen) atoms. The van der Waals surface area contributed by atoms with Gasteiger partial charge in [0.1, 0.15) is 5.82 Å². The molecule has 0 unspecified atom stereocenters. The van der Waals surface area contributed by atoms with Crippen molar-refractivity contribution in [2.24, 2.45) is 5.41 Å². The Balaban J connectivity index is 2.18. The van der Waals surface area contributed by atoms with Gasteiger partial charge in [-0.15, -0.1) is 5.10 Å². The molecule has 3 aromatic rings. The zero-order valence-electron chi connectivity index (χ0n) is 16.6. The van der Waals surface area contributed by atoms with Crippen LogP contribution < -0.4 is 5.32 Å². The zero-order chi connectivity index (χ0) is 19.9. The van der Waals surface area contributed by atoms with E-state index in [1.807, 2.05) is 40.7 Å². The highest BCUT2D eigenvalue weighted by atomic mass is 19.1. The number of benzene rings is 1. The van der Waals surface area contributed by atoms with Crippen molar-refractivity contribution in [2.75, 3.05) is 5.32 Å². The summed E-state index contributed by atoms with van der Waals surface area (Å²) in [6, 6.07) is 6.81. The van der Waals surface area contributed by atoms with E-state index < -0.39 is 0 Å². The normalized spacial score (nSPS) is 11.8. The van der Waals surface area contributed by atoms with Crippen molar-refractivity contribution >= 4 is 17.4 Å². The van der Waals surface area contributed by atoms with Crippen LogP contribution in [0.25, 0.3) is 16.8 Å². The minimum absolute atomic E-state index is 0.111. The van der Waals surface area contributed by atoms with Crippen LogP contribution in [0.2, 0.25) is 0 Å². The molecular weight excluding hydrogens is 343 g/mol. The Morgan fingerprint density at radius 1 is 1.19 bits per heavy atom. The van der Waals surface area contributed by atoms with E-state index >= 15 is 0 Å². The van der Waals surface area contributed by atoms with E-state index in [4.69, 9.17) is 0 Å². The lowest BCUT2D eigenvalue weighted by Crippen LogP contribution is -2.20. The summed E-state index contributed by atoms with van der Waals surface area (Å²) in [7, 11) is 0. The minimum atomic E-state index is -0.270. The quantitative estimate of drug-likeness (QED) is 0.720. The molecule has 0 aliphatic heterocycles. The van der Waals surface area contributed by atoms with Crippen molar-refractivity contribution in [3.05, 3.63) is 47.0 Å². The number of hydrogen-bond acceptors (Lipinski definition) is 3. The number of amides is 1. The van der Waals surface area contributed by atoms with Crippen LogP contribution in [0.5, 0.6) is 0 Å². The number of nitrogens with zero attached hydrogens (tertiary/aromatic N) is 3. The second kappa shape index (κ2) is 6.76. The number of aryl methyl sites for hydroxylation is 3. The Bertz CT molecular complexity index is 1030. The van der Waals surface area contributed by atoms with Gasteiger partial charge in [-0.05, 0) is 55.5 Å². The first-order chi connectivity index (χ1) is 12.5. The highest BCUT2D eigenvalue weighted by Crippen LogP contribution is 2.33. The molecule has 1 aromatic carbocycles. The summed E-state index contributed by atoms with van der Waals surface area (Å²) in [4.78, 5) is 17.1. The SMILES string of the molecule is Cc1cc(C)n2nc(NC(=O)CC(C)(C)C)c(-c3ccc(F)c(C)c3)c2n1. The van der Waals surface area contributed by atoms with Gasteiger partial charge in [0.05, 0.1) is 5.56 Å². The lowest BCUT2D eigenvalue weighted by atomic mass is 9.92. The maximum Gasteiger partial charge on any atom is 0.226 e. The molecule has 0 aliphatic carbocycles. The average molecular weight is 368 g/mol. The van der Waals surface area contributed by atoms with Crippen LogP contribution in [0.4, 0.5) is 10.2 Å². The predicted molar refractivity (Wildman–Crippen MR) is 105 cm³/mol. The van der Waals surface area contributed by atoms with Crippen LogP contribution in [0, 0.1) is 32.0 Å². The Morgan fingerprint density at radius 2 is 1.89 bits per heavy atom. The summed E-state index contributed by atoms with van der Waals surface area (Å²) in [6.45, 7) is 11.6. The third-order valence-corrected chi connectivity index (χ3v) is 4.29. The number of fused-ring (bicyclic) bond motifs is 1. The third kappa shape index (κ3) is 3.99. The number of halogens is 1. The number of aromatic nitrogens is 3. The van der Waals surface area contributed by atoms with E-state index in [0.29, 0.717) is 29.0 Å².